The predicted molar refractivity (Wildman–Crippen MR) is 72.7 cm³/mol. The average molecular weight is 233 g/mol. The summed E-state index contributed by atoms with van der Waals surface area (Å²) in [6, 6.07) is 11.9. The maximum absolute atomic E-state index is 4.10. The minimum absolute atomic E-state index is 0.908. The summed E-state index contributed by atoms with van der Waals surface area (Å²) in [6.07, 6.45) is 9.42. The van der Waals surface area contributed by atoms with Crippen LogP contribution in [0.2, 0.25) is 0 Å². The van der Waals surface area contributed by atoms with E-state index in [0.717, 1.165) is 22.0 Å². The zero-order valence-corrected chi connectivity index (χ0v) is 9.69. The Morgan fingerprint density at radius 3 is 2.72 bits per heavy atom. The molecule has 3 heteroatoms. The quantitative estimate of drug-likeness (QED) is 0.682. The molecule has 3 nitrogen and oxygen atoms in total. The molecule has 0 fully saturated rings. The SMILES string of the molecule is C(=C/c1cnnc2ccccc12)/c1cccnc1. The summed E-state index contributed by atoms with van der Waals surface area (Å²) < 4.78 is 0. The van der Waals surface area contributed by atoms with Gasteiger partial charge in [-0.25, -0.2) is 0 Å². The van der Waals surface area contributed by atoms with Gasteiger partial charge in [0, 0.05) is 23.3 Å². The number of nitrogens with zero attached hydrogens (tertiary/aromatic N) is 3. The molecule has 0 aliphatic carbocycles. The highest BCUT2D eigenvalue weighted by molar-refractivity contribution is 5.89. The number of pyridine rings is 1. The lowest BCUT2D eigenvalue weighted by atomic mass is 10.1. The van der Waals surface area contributed by atoms with Crippen molar-refractivity contribution in [1.29, 1.82) is 0 Å². The molecule has 2 heterocycles. The van der Waals surface area contributed by atoms with Gasteiger partial charge >= 0.3 is 0 Å². The van der Waals surface area contributed by atoms with Crippen LogP contribution in [0.25, 0.3) is 23.1 Å². The van der Waals surface area contributed by atoms with Gasteiger partial charge < -0.3 is 0 Å². The van der Waals surface area contributed by atoms with Gasteiger partial charge in [0.2, 0.25) is 0 Å². The van der Waals surface area contributed by atoms with Crippen LogP contribution in [0.4, 0.5) is 0 Å². The van der Waals surface area contributed by atoms with Crippen molar-refractivity contribution < 1.29 is 0 Å². The van der Waals surface area contributed by atoms with Crippen molar-refractivity contribution in [3.63, 3.8) is 0 Å². The van der Waals surface area contributed by atoms with E-state index in [1.54, 1.807) is 12.4 Å². The summed E-state index contributed by atoms with van der Waals surface area (Å²) in [4.78, 5) is 4.08. The first-order valence-electron chi connectivity index (χ1n) is 5.72. The van der Waals surface area contributed by atoms with Crippen LogP contribution in [0.15, 0.2) is 55.0 Å². The van der Waals surface area contributed by atoms with E-state index in [-0.39, 0.29) is 0 Å². The van der Waals surface area contributed by atoms with Crippen LogP contribution < -0.4 is 0 Å². The number of fused-ring (bicyclic) bond motifs is 1. The monoisotopic (exact) mass is 233 g/mol. The Morgan fingerprint density at radius 1 is 0.889 bits per heavy atom. The summed E-state index contributed by atoms with van der Waals surface area (Å²) in [6.45, 7) is 0. The average Bonchev–Trinajstić information content (AvgIpc) is 2.46. The van der Waals surface area contributed by atoms with E-state index >= 15 is 0 Å². The van der Waals surface area contributed by atoms with E-state index in [9.17, 15) is 0 Å². The lowest BCUT2D eigenvalue weighted by molar-refractivity contribution is 1.07. The fourth-order valence-corrected chi connectivity index (χ4v) is 1.82. The van der Waals surface area contributed by atoms with Crippen LogP contribution in [0.5, 0.6) is 0 Å². The third-order valence-electron chi connectivity index (χ3n) is 2.72. The molecule has 0 N–H and O–H groups in total. The second-order valence-electron chi connectivity index (χ2n) is 3.94. The largest absolute Gasteiger partial charge is 0.264 e. The Bertz CT molecular complexity index is 685. The number of rotatable bonds is 2. The molecule has 0 aliphatic rings. The Balaban J connectivity index is 2.03. The molecule has 0 radical (unpaired) electrons. The molecule has 3 rings (SSSR count). The first-order chi connectivity index (χ1) is 8.93. The van der Waals surface area contributed by atoms with Crippen molar-refractivity contribution in [3.8, 4) is 0 Å². The van der Waals surface area contributed by atoms with E-state index in [0.29, 0.717) is 0 Å². The third-order valence-corrected chi connectivity index (χ3v) is 2.72. The van der Waals surface area contributed by atoms with E-state index in [4.69, 9.17) is 0 Å². The van der Waals surface area contributed by atoms with E-state index < -0.39 is 0 Å². The minimum atomic E-state index is 0.908. The first-order valence-corrected chi connectivity index (χ1v) is 5.72. The molecule has 86 valence electrons. The lowest BCUT2D eigenvalue weighted by Crippen LogP contribution is -1.86. The maximum Gasteiger partial charge on any atom is 0.0935 e. The standard InChI is InChI=1S/C15H11N3/c1-2-6-15-14(5-1)13(11-17-18-15)8-7-12-4-3-9-16-10-12/h1-11H/b8-7-. The van der Waals surface area contributed by atoms with Crippen LogP contribution in [0.1, 0.15) is 11.1 Å². The molecule has 18 heavy (non-hydrogen) atoms. The molecule has 0 spiro atoms. The molecule has 1 aromatic carbocycles. The highest BCUT2D eigenvalue weighted by Gasteiger charge is 1.98. The second kappa shape index (κ2) is 4.75. The van der Waals surface area contributed by atoms with Gasteiger partial charge in [-0.1, -0.05) is 36.4 Å². The maximum atomic E-state index is 4.10. The van der Waals surface area contributed by atoms with Gasteiger partial charge in [-0.05, 0) is 17.7 Å². The van der Waals surface area contributed by atoms with Gasteiger partial charge in [0.05, 0.1) is 11.7 Å². The van der Waals surface area contributed by atoms with Crippen LogP contribution in [-0.4, -0.2) is 15.2 Å². The lowest BCUT2D eigenvalue weighted by Gasteiger charge is -1.99. The van der Waals surface area contributed by atoms with Gasteiger partial charge in [0.15, 0.2) is 0 Å². The molecular weight excluding hydrogens is 222 g/mol. The third kappa shape index (κ3) is 2.11. The topological polar surface area (TPSA) is 38.7 Å². The summed E-state index contributed by atoms with van der Waals surface area (Å²) in [5.41, 5.74) is 3.04. The van der Waals surface area contributed by atoms with Crippen molar-refractivity contribution in [1.82, 2.24) is 15.2 Å². The smallest absolute Gasteiger partial charge is 0.0935 e. The number of hydrogen-bond donors (Lipinski definition) is 0. The highest BCUT2D eigenvalue weighted by atomic mass is 15.1. The van der Waals surface area contributed by atoms with Crippen LogP contribution in [0, 0.1) is 0 Å². The summed E-state index contributed by atoms with van der Waals surface area (Å²) >= 11 is 0. The molecule has 0 aliphatic heterocycles. The zero-order chi connectivity index (χ0) is 12.2. The van der Waals surface area contributed by atoms with Gasteiger partial charge in [-0.2, -0.15) is 10.2 Å². The van der Waals surface area contributed by atoms with Gasteiger partial charge in [0.1, 0.15) is 0 Å². The molecule has 0 amide bonds. The molecule has 3 aromatic rings. The summed E-state index contributed by atoms with van der Waals surface area (Å²) in [7, 11) is 0. The van der Waals surface area contributed by atoms with Gasteiger partial charge in [-0.15, -0.1) is 0 Å². The van der Waals surface area contributed by atoms with Crippen LogP contribution >= 0.6 is 0 Å². The van der Waals surface area contributed by atoms with Crippen molar-refractivity contribution >= 4 is 23.1 Å². The van der Waals surface area contributed by atoms with Gasteiger partial charge in [-0.3, -0.25) is 4.98 Å². The number of benzene rings is 1. The Hall–Kier alpha value is -2.55. The molecule has 0 saturated heterocycles. The van der Waals surface area contributed by atoms with E-state index in [2.05, 4.69) is 15.2 Å². The minimum Gasteiger partial charge on any atom is -0.264 e. The van der Waals surface area contributed by atoms with Crippen LogP contribution in [0.3, 0.4) is 0 Å². The number of hydrogen-bond acceptors (Lipinski definition) is 3. The Morgan fingerprint density at radius 2 is 1.83 bits per heavy atom. The fourth-order valence-electron chi connectivity index (χ4n) is 1.82. The first kappa shape index (κ1) is 10.6. The van der Waals surface area contributed by atoms with Crippen LogP contribution in [-0.2, 0) is 0 Å². The van der Waals surface area contributed by atoms with Crippen molar-refractivity contribution in [3.05, 3.63) is 66.1 Å². The normalized spacial score (nSPS) is 11.1. The van der Waals surface area contributed by atoms with Crippen molar-refractivity contribution in [2.24, 2.45) is 0 Å². The highest BCUT2D eigenvalue weighted by Crippen LogP contribution is 2.17. The molecular formula is C15H11N3. The second-order valence-corrected chi connectivity index (χ2v) is 3.94. The number of aromatic nitrogens is 3. The summed E-state index contributed by atoms with van der Waals surface area (Å²) in [5, 5.41) is 9.21. The predicted octanol–water partition coefficient (Wildman–Crippen LogP) is 3.20. The molecule has 0 unspecified atom stereocenters. The molecule has 0 bridgehead atoms. The van der Waals surface area contributed by atoms with Crippen molar-refractivity contribution in [2.45, 2.75) is 0 Å². The van der Waals surface area contributed by atoms with Gasteiger partial charge in [0.25, 0.3) is 0 Å². The van der Waals surface area contributed by atoms with E-state index in [1.165, 1.54) is 0 Å². The Labute approximate surface area is 105 Å². The van der Waals surface area contributed by atoms with E-state index in [1.807, 2.05) is 54.7 Å². The molecule has 0 atom stereocenters. The summed E-state index contributed by atoms with van der Waals surface area (Å²) in [5.74, 6) is 0. The molecule has 0 saturated carbocycles. The zero-order valence-electron chi connectivity index (χ0n) is 9.69. The Kier molecular flexibility index (Phi) is 2.80. The molecule has 2 aromatic heterocycles. The van der Waals surface area contributed by atoms with Crippen molar-refractivity contribution in [2.75, 3.05) is 0 Å². The fraction of sp³-hybridized carbons (Fsp3) is 0.